The van der Waals surface area contributed by atoms with E-state index < -0.39 is 0 Å². The molecule has 0 aromatic rings. The predicted octanol–water partition coefficient (Wildman–Crippen LogP) is 2.27. The molecule has 0 unspecified atom stereocenters. The number of allylic oxidation sites excluding steroid dienone is 2. The van der Waals surface area contributed by atoms with Crippen LogP contribution in [-0.4, -0.2) is 6.54 Å². The van der Waals surface area contributed by atoms with E-state index in [2.05, 4.69) is 24.8 Å². The van der Waals surface area contributed by atoms with Crippen LogP contribution in [0.4, 0.5) is 0 Å². The van der Waals surface area contributed by atoms with Crippen LogP contribution >= 0.6 is 0 Å². The summed E-state index contributed by atoms with van der Waals surface area (Å²) < 4.78 is 0. The Balaban J connectivity index is 0. The van der Waals surface area contributed by atoms with Crippen LogP contribution in [0.1, 0.15) is 96.8 Å². The minimum Gasteiger partial charge on any atom is -1.00 e. The lowest BCUT2D eigenvalue weighted by atomic mass is 10.1. The second-order valence-electron chi connectivity index (χ2n) is 5.79. The molecule has 0 saturated heterocycles. The highest BCUT2D eigenvalue weighted by molar-refractivity contribution is 4.81. The summed E-state index contributed by atoms with van der Waals surface area (Å²) in [7, 11) is 0. The van der Waals surface area contributed by atoms with Gasteiger partial charge in [-0.15, -0.1) is 0 Å². The van der Waals surface area contributed by atoms with Gasteiger partial charge in [0.1, 0.15) is 0 Å². The zero-order valence-electron chi connectivity index (χ0n) is 13.8. The maximum atomic E-state index is 3.88. The molecule has 122 valence electrons. The fourth-order valence-corrected chi connectivity index (χ4v) is 2.42. The van der Waals surface area contributed by atoms with Crippen LogP contribution in [0.2, 0.25) is 0 Å². The van der Waals surface area contributed by atoms with Crippen molar-refractivity contribution in [2.45, 2.75) is 96.8 Å². The largest absolute Gasteiger partial charge is 1.00 e. The standard InChI is InChI=1S/C18H37N.HI/c1-2-3-4-5-6-7-8-9-10-11-12-13-14-15-16-17-18-19;/h9-10H,2-8,11-19H2,1H3;1H. The zero-order chi connectivity index (χ0) is 14.0. The molecule has 3 N–H and O–H groups in total. The average molecular weight is 395 g/mol. The Morgan fingerprint density at radius 3 is 1.45 bits per heavy atom. The first-order chi connectivity index (χ1) is 9.41. The van der Waals surface area contributed by atoms with Crippen molar-refractivity contribution in [2.75, 3.05) is 6.54 Å². The molecule has 0 heterocycles. The average Bonchev–Trinajstić information content (AvgIpc) is 2.43. The smallest absolute Gasteiger partial charge is 0.0739 e. The zero-order valence-corrected chi connectivity index (χ0v) is 16.0. The van der Waals surface area contributed by atoms with Crippen LogP contribution < -0.4 is 29.7 Å². The highest BCUT2D eigenvalue weighted by Gasteiger charge is 1.90. The molecule has 0 saturated carbocycles. The van der Waals surface area contributed by atoms with Crippen molar-refractivity contribution in [1.82, 2.24) is 0 Å². The summed E-state index contributed by atoms with van der Waals surface area (Å²) in [5, 5.41) is 0. The molecule has 1 nitrogen and oxygen atoms in total. The van der Waals surface area contributed by atoms with Gasteiger partial charge in [-0.2, -0.15) is 0 Å². The minimum absolute atomic E-state index is 0. The lowest BCUT2D eigenvalue weighted by Gasteiger charge is -1.99. The Bertz CT molecular complexity index is 180. The van der Waals surface area contributed by atoms with Crippen LogP contribution in [0.5, 0.6) is 0 Å². The summed E-state index contributed by atoms with van der Waals surface area (Å²) >= 11 is 0. The van der Waals surface area contributed by atoms with Crippen LogP contribution in [0.3, 0.4) is 0 Å². The topological polar surface area (TPSA) is 27.6 Å². The van der Waals surface area contributed by atoms with Gasteiger partial charge in [-0.1, -0.05) is 70.4 Å². The first-order valence-corrected chi connectivity index (χ1v) is 8.86. The lowest BCUT2D eigenvalue weighted by molar-refractivity contribution is -0.368. The highest BCUT2D eigenvalue weighted by Crippen LogP contribution is 2.09. The maximum Gasteiger partial charge on any atom is 0.0739 e. The number of rotatable bonds is 15. The highest BCUT2D eigenvalue weighted by atomic mass is 127. The van der Waals surface area contributed by atoms with E-state index in [4.69, 9.17) is 0 Å². The third kappa shape index (κ3) is 20.7. The van der Waals surface area contributed by atoms with Gasteiger partial charge >= 0.3 is 0 Å². The van der Waals surface area contributed by atoms with E-state index in [9.17, 15) is 0 Å². The minimum atomic E-state index is 0. The van der Waals surface area contributed by atoms with E-state index in [-0.39, 0.29) is 24.0 Å². The third-order valence-corrected chi connectivity index (χ3v) is 3.76. The first kappa shape index (κ1) is 22.7. The predicted molar refractivity (Wildman–Crippen MR) is 87.2 cm³/mol. The van der Waals surface area contributed by atoms with Gasteiger partial charge in [0, 0.05) is 0 Å². The van der Waals surface area contributed by atoms with Gasteiger partial charge in [-0.3, -0.25) is 0 Å². The number of unbranched alkanes of at least 4 members (excludes halogenated alkanes) is 12. The summed E-state index contributed by atoms with van der Waals surface area (Å²) in [5.41, 5.74) is 3.88. The van der Waals surface area contributed by atoms with Crippen molar-refractivity contribution in [3.05, 3.63) is 12.2 Å². The molecule has 0 aliphatic carbocycles. The van der Waals surface area contributed by atoms with Crippen molar-refractivity contribution in [1.29, 1.82) is 0 Å². The number of hydrogen-bond acceptors (Lipinski definition) is 0. The number of halogens is 1. The van der Waals surface area contributed by atoms with Gasteiger partial charge in [-0.25, -0.2) is 0 Å². The van der Waals surface area contributed by atoms with E-state index in [0.717, 1.165) is 6.54 Å². The van der Waals surface area contributed by atoms with E-state index >= 15 is 0 Å². The molecule has 0 aromatic heterocycles. The van der Waals surface area contributed by atoms with Crippen LogP contribution in [0.15, 0.2) is 12.2 Å². The van der Waals surface area contributed by atoms with Crippen molar-refractivity contribution < 1.29 is 29.7 Å². The molecule has 0 bridgehead atoms. The molecule has 0 aliphatic rings. The third-order valence-electron chi connectivity index (χ3n) is 3.76. The molecule has 20 heavy (non-hydrogen) atoms. The second-order valence-corrected chi connectivity index (χ2v) is 5.79. The molecule has 0 fully saturated rings. The van der Waals surface area contributed by atoms with E-state index in [0.29, 0.717) is 0 Å². The number of quaternary nitrogens is 1. The van der Waals surface area contributed by atoms with Crippen molar-refractivity contribution in [3.8, 4) is 0 Å². The number of hydrogen-bond donors (Lipinski definition) is 1. The normalized spacial score (nSPS) is 10.9. The monoisotopic (exact) mass is 395 g/mol. The molecule has 2 heteroatoms. The van der Waals surface area contributed by atoms with Gasteiger partial charge in [0.05, 0.1) is 6.54 Å². The van der Waals surface area contributed by atoms with Gasteiger partial charge < -0.3 is 29.7 Å². The van der Waals surface area contributed by atoms with Crippen molar-refractivity contribution in [2.24, 2.45) is 0 Å². The van der Waals surface area contributed by atoms with Gasteiger partial charge in [0.15, 0.2) is 0 Å². The maximum absolute atomic E-state index is 3.88. The van der Waals surface area contributed by atoms with Gasteiger partial charge in [0.25, 0.3) is 0 Å². The fourth-order valence-electron chi connectivity index (χ4n) is 2.42. The van der Waals surface area contributed by atoms with E-state index in [1.165, 1.54) is 89.9 Å². The van der Waals surface area contributed by atoms with Crippen LogP contribution in [0.25, 0.3) is 0 Å². The van der Waals surface area contributed by atoms with Crippen molar-refractivity contribution >= 4 is 0 Å². The summed E-state index contributed by atoms with van der Waals surface area (Å²) in [4.78, 5) is 0. The summed E-state index contributed by atoms with van der Waals surface area (Å²) in [6.07, 6.45) is 24.2. The Morgan fingerprint density at radius 1 is 0.600 bits per heavy atom. The van der Waals surface area contributed by atoms with Crippen LogP contribution in [-0.2, 0) is 0 Å². The Labute approximate surface area is 145 Å². The molecule has 0 atom stereocenters. The first-order valence-electron chi connectivity index (χ1n) is 8.86. The molecular formula is C18H38IN. The molecule has 0 aliphatic heterocycles. The SMILES string of the molecule is CCCCCCCCC=CCCCCCCCC[NH3+].[I-]. The molecule has 0 radical (unpaired) electrons. The van der Waals surface area contributed by atoms with Gasteiger partial charge in [-0.05, 0) is 38.5 Å². The molecule has 0 aromatic carbocycles. The van der Waals surface area contributed by atoms with Gasteiger partial charge in [0.2, 0.25) is 0 Å². The summed E-state index contributed by atoms with van der Waals surface area (Å²) in [6, 6.07) is 0. The second kappa shape index (κ2) is 21.7. The Kier molecular flexibility index (Phi) is 24.7. The molecule has 0 amide bonds. The van der Waals surface area contributed by atoms with Crippen molar-refractivity contribution in [3.63, 3.8) is 0 Å². The van der Waals surface area contributed by atoms with E-state index in [1.54, 1.807) is 0 Å². The van der Waals surface area contributed by atoms with E-state index in [1.807, 2.05) is 0 Å². The lowest BCUT2D eigenvalue weighted by Crippen LogP contribution is -3.00. The summed E-state index contributed by atoms with van der Waals surface area (Å²) in [6.45, 7) is 3.39. The summed E-state index contributed by atoms with van der Waals surface area (Å²) in [5.74, 6) is 0. The van der Waals surface area contributed by atoms with Crippen LogP contribution in [0, 0.1) is 0 Å². The Morgan fingerprint density at radius 2 is 1.00 bits per heavy atom. The fraction of sp³-hybridized carbons (Fsp3) is 0.889. The molecular weight excluding hydrogens is 357 g/mol. The molecule has 0 spiro atoms. The molecule has 0 rings (SSSR count). The Hall–Kier alpha value is 0.430. The quantitative estimate of drug-likeness (QED) is 0.250.